The van der Waals surface area contributed by atoms with Crippen LogP contribution in [0, 0.1) is 0 Å². The van der Waals surface area contributed by atoms with Crippen molar-refractivity contribution < 1.29 is 9.53 Å². The third-order valence-electron chi connectivity index (χ3n) is 5.14. The third-order valence-corrected chi connectivity index (χ3v) is 5.14. The predicted octanol–water partition coefficient (Wildman–Crippen LogP) is 5.27. The largest absolute Gasteiger partial charge is 0.493 e. The second-order valence-electron chi connectivity index (χ2n) is 7.57. The number of amides is 2. The number of rotatable bonds is 8. The lowest BCUT2D eigenvalue weighted by Crippen LogP contribution is -2.28. The summed E-state index contributed by atoms with van der Waals surface area (Å²) in [6, 6.07) is 27.0. The molecule has 33 heavy (non-hydrogen) atoms. The van der Waals surface area contributed by atoms with E-state index >= 15 is 0 Å². The molecule has 0 aliphatic heterocycles. The highest BCUT2D eigenvalue weighted by Crippen LogP contribution is 2.26. The summed E-state index contributed by atoms with van der Waals surface area (Å²) in [6.07, 6.45) is 4.19. The Kier molecular flexibility index (Phi) is 7.18. The van der Waals surface area contributed by atoms with Crippen molar-refractivity contribution in [3.8, 4) is 16.9 Å². The molecule has 0 aliphatic rings. The Hall–Kier alpha value is -4.32. The van der Waals surface area contributed by atoms with Gasteiger partial charge in [0.2, 0.25) is 0 Å². The third kappa shape index (κ3) is 6.33. The fraction of sp³-hybridized carbons (Fsp3) is 0.111. The van der Waals surface area contributed by atoms with Gasteiger partial charge in [-0.2, -0.15) is 0 Å². The second-order valence-corrected chi connectivity index (χ2v) is 7.57. The van der Waals surface area contributed by atoms with Crippen molar-refractivity contribution >= 4 is 17.4 Å². The van der Waals surface area contributed by atoms with Crippen molar-refractivity contribution in [1.82, 2.24) is 10.3 Å². The van der Waals surface area contributed by atoms with Gasteiger partial charge in [-0.15, -0.1) is 0 Å². The molecule has 4 aromatic rings. The predicted molar refractivity (Wildman–Crippen MR) is 132 cm³/mol. The first-order valence-corrected chi connectivity index (χ1v) is 10.8. The molecular formula is C27H26N4O2. The molecule has 0 saturated heterocycles. The van der Waals surface area contributed by atoms with E-state index in [0.717, 1.165) is 34.5 Å². The van der Waals surface area contributed by atoms with E-state index in [1.165, 1.54) is 5.56 Å². The van der Waals surface area contributed by atoms with Gasteiger partial charge in [0.05, 0.1) is 6.61 Å². The summed E-state index contributed by atoms with van der Waals surface area (Å²) in [5, 5.41) is 5.62. The zero-order chi connectivity index (χ0) is 22.9. The van der Waals surface area contributed by atoms with Crippen molar-refractivity contribution in [3.05, 3.63) is 108 Å². The molecular weight excluding hydrogens is 412 g/mol. The highest BCUT2D eigenvalue weighted by atomic mass is 16.5. The van der Waals surface area contributed by atoms with Crippen LogP contribution >= 0.6 is 0 Å². The van der Waals surface area contributed by atoms with Gasteiger partial charge in [0, 0.05) is 36.7 Å². The molecule has 166 valence electrons. The number of pyridine rings is 1. The molecule has 3 aromatic carbocycles. The van der Waals surface area contributed by atoms with Gasteiger partial charge < -0.3 is 21.1 Å². The SMILES string of the molecule is Nc1cccc(-c2ccccc2CCOc2ccc(NC(=O)NCc3cccnc3)cc2)c1. The van der Waals surface area contributed by atoms with Crippen molar-refractivity contribution in [1.29, 1.82) is 0 Å². The molecule has 0 radical (unpaired) electrons. The number of nitrogens with zero attached hydrogens (tertiary/aromatic N) is 1. The lowest BCUT2D eigenvalue weighted by Gasteiger charge is -2.12. The van der Waals surface area contributed by atoms with Crippen LogP contribution < -0.4 is 21.1 Å². The molecule has 4 N–H and O–H groups in total. The fourth-order valence-electron chi connectivity index (χ4n) is 3.50. The molecule has 4 rings (SSSR count). The van der Waals surface area contributed by atoms with Crippen LogP contribution in [0.1, 0.15) is 11.1 Å². The van der Waals surface area contributed by atoms with Crippen LogP contribution in [0.25, 0.3) is 11.1 Å². The van der Waals surface area contributed by atoms with Crippen LogP contribution in [0.15, 0.2) is 97.3 Å². The van der Waals surface area contributed by atoms with Gasteiger partial charge in [-0.05, 0) is 64.7 Å². The topological polar surface area (TPSA) is 89.3 Å². The number of ether oxygens (including phenoxy) is 1. The highest BCUT2D eigenvalue weighted by Gasteiger charge is 2.06. The zero-order valence-corrected chi connectivity index (χ0v) is 18.2. The van der Waals surface area contributed by atoms with Gasteiger partial charge >= 0.3 is 6.03 Å². The number of hydrogen-bond acceptors (Lipinski definition) is 4. The number of urea groups is 1. The van der Waals surface area contributed by atoms with Crippen LogP contribution in [0.3, 0.4) is 0 Å². The maximum absolute atomic E-state index is 12.1. The standard InChI is InChI=1S/C27H26N4O2/c28-23-8-3-7-22(17-23)26-9-2-1-6-21(26)14-16-33-25-12-10-24(11-13-25)31-27(32)30-19-20-5-4-15-29-18-20/h1-13,15,17-18H,14,16,19,28H2,(H2,30,31,32). The molecule has 0 saturated carbocycles. The number of aromatic nitrogens is 1. The van der Waals surface area contributed by atoms with Crippen LogP contribution in [-0.4, -0.2) is 17.6 Å². The molecule has 6 heteroatoms. The molecule has 0 unspecified atom stereocenters. The fourth-order valence-corrected chi connectivity index (χ4v) is 3.50. The Bertz CT molecular complexity index is 1190. The Labute approximate surface area is 193 Å². The first-order valence-electron chi connectivity index (χ1n) is 10.8. The van der Waals surface area contributed by atoms with Gasteiger partial charge in [0.1, 0.15) is 5.75 Å². The average Bonchev–Trinajstić information content (AvgIpc) is 2.85. The Morgan fingerprint density at radius 1 is 0.939 bits per heavy atom. The summed E-state index contributed by atoms with van der Waals surface area (Å²) < 4.78 is 5.93. The van der Waals surface area contributed by atoms with E-state index in [1.807, 2.05) is 66.7 Å². The Morgan fingerprint density at radius 3 is 2.58 bits per heavy atom. The minimum Gasteiger partial charge on any atom is -0.493 e. The normalized spacial score (nSPS) is 10.4. The van der Waals surface area contributed by atoms with Gasteiger partial charge in [-0.1, -0.05) is 42.5 Å². The number of nitrogen functional groups attached to an aromatic ring is 1. The number of anilines is 2. The van der Waals surface area contributed by atoms with Crippen molar-refractivity contribution in [3.63, 3.8) is 0 Å². The van der Waals surface area contributed by atoms with Crippen molar-refractivity contribution in [2.75, 3.05) is 17.7 Å². The van der Waals surface area contributed by atoms with E-state index in [2.05, 4.69) is 33.8 Å². The van der Waals surface area contributed by atoms with Crippen LogP contribution in [0.2, 0.25) is 0 Å². The Balaban J connectivity index is 1.28. The molecule has 0 bridgehead atoms. The Morgan fingerprint density at radius 2 is 1.79 bits per heavy atom. The maximum atomic E-state index is 12.1. The molecule has 0 spiro atoms. The van der Waals surface area contributed by atoms with E-state index in [0.29, 0.717) is 18.8 Å². The number of nitrogens with one attached hydrogen (secondary N) is 2. The monoisotopic (exact) mass is 438 g/mol. The molecule has 0 fully saturated rings. The molecule has 2 amide bonds. The summed E-state index contributed by atoms with van der Waals surface area (Å²) >= 11 is 0. The molecule has 0 aliphatic carbocycles. The highest BCUT2D eigenvalue weighted by molar-refractivity contribution is 5.89. The minimum atomic E-state index is -0.273. The van der Waals surface area contributed by atoms with E-state index in [-0.39, 0.29) is 6.03 Å². The summed E-state index contributed by atoms with van der Waals surface area (Å²) in [5.41, 5.74) is 11.8. The smallest absolute Gasteiger partial charge is 0.319 e. The quantitative estimate of drug-likeness (QED) is 0.327. The van der Waals surface area contributed by atoms with Crippen molar-refractivity contribution in [2.45, 2.75) is 13.0 Å². The van der Waals surface area contributed by atoms with Gasteiger partial charge in [0.25, 0.3) is 0 Å². The van der Waals surface area contributed by atoms with Crippen LogP contribution in [-0.2, 0) is 13.0 Å². The maximum Gasteiger partial charge on any atom is 0.319 e. The number of nitrogens with two attached hydrogens (primary N) is 1. The lowest BCUT2D eigenvalue weighted by molar-refractivity contribution is 0.251. The summed E-state index contributed by atoms with van der Waals surface area (Å²) in [4.78, 5) is 16.1. The minimum absolute atomic E-state index is 0.273. The van der Waals surface area contributed by atoms with Crippen molar-refractivity contribution in [2.24, 2.45) is 0 Å². The van der Waals surface area contributed by atoms with Gasteiger partial charge in [0.15, 0.2) is 0 Å². The van der Waals surface area contributed by atoms with E-state index in [4.69, 9.17) is 10.5 Å². The summed E-state index contributed by atoms with van der Waals surface area (Å²) in [7, 11) is 0. The summed E-state index contributed by atoms with van der Waals surface area (Å²) in [5.74, 6) is 0.748. The first-order chi connectivity index (χ1) is 16.2. The van der Waals surface area contributed by atoms with E-state index in [1.54, 1.807) is 12.4 Å². The van der Waals surface area contributed by atoms with E-state index < -0.39 is 0 Å². The van der Waals surface area contributed by atoms with Gasteiger partial charge in [-0.25, -0.2) is 4.79 Å². The summed E-state index contributed by atoms with van der Waals surface area (Å²) in [6.45, 7) is 0.954. The number of carbonyl (C=O) groups is 1. The zero-order valence-electron chi connectivity index (χ0n) is 18.2. The van der Waals surface area contributed by atoms with Crippen LogP contribution in [0.4, 0.5) is 16.2 Å². The van der Waals surface area contributed by atoms with E-state index in [9.17, 15) is 4.79 Å². The lowest BCUT2D eigenvalue weighted by atomic mass is 9.97. The molecule has 6 nitrogen and oxygen atoms in total. The van der Waals surface area contributed by atoms with Gasteiger partial charge in [-0.3, -0.25) is 4.98 Å². The molecule has 0 atom stereocenters. The number of hydrogen-bond donors (Lipinski definition) is 3. The second kappa shape index (κ2) is 10.8. The first kappa shape index (κ1) is 21.9. The molecule has 1 heterocycles. The average molecular weight is 439 g/mol. The van der Waals surface area contributed by atoms with Crippen LogP contribution in [0.5, 0.6) is 5.75 Å². The number of carbonyl (C=O) groups excluding carboxylic acids is 1. The number of benzene rings is 3. The molecule has 1 aromatic heterocycles.